The maximum Gasteiger partial charge on any atom is 0.329 e. The number of aryl methyl sites for hydroxylation is 1. The maximum absolute atomic E-state index is 15.5. The molecular formula is C27H31FN6O2. The maximum atomic E-state index is 15.5. The first-order valence-electron chi connectivity index (χ1n) is 12.8. The van der Waals surface area contributed by atoms with E-state index in [1.165, 1.54) is 38.4 Å². The Kier molecular flexibility index (Phi) is 5.87. The largest absolute Gasteiger partial charge is 0.478 e. The number of nitrogens with zero attached hydrogens (tertiary/aromatic N) is 5. The molecule has 8 nitrogen and oxygen atoms in total. The van der Waals surface area contributed by atoms with E-state index in [-0.39, 0.29) is 17.5 Å². The monoisotopic (exact) mass is 490 g/mol. The smallest absolute Gasteiger partial charge is 0.329 e. The van der Waals surface area contributed by atoms with Crippen molar-refractivity contribution in [1.29, 1.82) is 0 Å². The van der Waals surface area contributed by atoms with Gasteiger partial charge in [0.15, 0.2) is 0 Å². The molecule has 5 heterocycles. The van der Waals surface area contributed by atoms with Crippen LogP contribution < -0.4 is 15.7 Å². The van der Waals surface area contributed by atoms with Gasteiger partial charge in [-0.25, -0.2) is 14.2 Å². The van der Waals surface area contributed by atoms with Gasteiger partial charge in [-0.05, 0) is 45.3 Å². The second kappa shape index (κ2) is 9.20. The number of ether oxygens (including phenoxy) is 1. The molecule has 2 aliphatic heterocycles. The molecule has 4 aromatic rings. The lowest BCUT2D eigenvalue weighted by Crippen LogP contribution is -2.31. The lowest BCUT2D eigenvalue weighted by Gasteiger charge is -2.26. The van der Waals surface area contributed by atoms with Gasteiger partial charge >= 0.3 is 5.69 Å². The zero-order valence-corrected chi connectivity index (χ0v) is 20.8. The van der Waals surface area contributed by atoms with Crippen molar-refractivity contribution < 1.29 is 9.13 Å². The van der Waals surface area contributed by atoms with Crippen LogP contribution in [-0.4, -0.2) is 56.8 Å². The van der Waals surface area contributed by atoms with E-state index in [2.05, 4.69) is 20.2 Å². The third-order valence-electron chi connectivity index (χ3n) is 7.52. The molecule has 9 heteroatoms. The average molecular weight is 491 g/mol. The zero-order chi connectivity index (χ0) is 24.8. The van der Waals surface area contributed by atoms with Gasteiger partial charge in [-0.1, -0.05) is 6.42 Å². The van der Waals surface area contributed by atoms with Crippen molar-refractivity contribution in [2.45, 2.75) is 38.6 Å². The topological polar surface area (TPSA) is 77.2 Å². The van der Waals surface area contributed by atoms with Crippen molar-refractivity contribution in [1.82, 2.24) is 24.0 Å². The fourth-order valence-electron chi connectivity index (χ4n) is 5.62. The van der Waals surface area contributed by atoms with Gasteiger partial charge in [0.25, 0.3) is 0 Å². The molecule has 0 bridgehead atoms. The normalized spacial score (nSPS) is 18.0. The fourth-order valence-corrected chi connectivity index (χ4v) is 5.62. The number of rotatable bonds is 6. The van der Waals surface area contributed by atoms with Gasteiger partial charge in [-0.2, -0.15) is 0 Å². The van der Waals surface area contributed by atoms with Crippen LogP contribution in [0.15, 0.2) is 35.4 Å². The number of piperidine rings is 1. The molecule has 36 heavy (non-hydrogen) atoms. The number of nitrogens with one attached hydrogen (secondary N) is 1. The number of benzene rings is 1. The summed E-state index contributed by atoms with van der Waals surface area (Å²) in [5.74, 6) is 0.153. The molecule has 3 aromatic heterocycles. The van der Waals surface area contributed by atoms with E-state index in [4.69, 9.17) is 4.74 Å². The highest BCUT2D eigenvalue weighted by Crippen LogP contribution is 2.41. The third-order valence-corrected chi connectivity index (χ3v) is 7.52. The van der Waals surface area contributed by atoms with E-state index < -0.39 is 0 Å². The molecule has 188 valence electrons. The highest BCUT2D eigenvalue weighted by atomic mass is 19.1. The predicted octanol–water partition coefficient (Wildman–Crippen LogP) is 4.33. The summed E-state index contributed by atoms with van der Waals surface area (Å²) in [6.45, 7) is 6.49. The summed E-state index contributed by atoms with van der Waals surface area (Å²) in [6.07, 6.45) is 8.17. The van der Waals surface area contributed by atoms with Crippen molar-refractivity contribution >= 4 is 27.6 Å². The number of pyridine rings is 2. The van der Waals surface area contributed by atoms with Gasteiger partial charge in [-0.3, -0.25) is 14.1 Å². The molecule has 0 aliphatic carbocycles. The lowest BCUT2D eigenvalue weighted by atomic mass is 10.00. The zero-order valence-electron chi connectivity index (χ0n) is 20.8. The molecule has 0 unspecified atom stereocenters. The van der Waals surface area contributed by atoms with Crippen LogP contribution >= 0.6 is 0 Å². The van der Waals surface area contributed by atoms with Crippen molar-refractivity contribution in [2.24, 2.45) is 7.05 Å². The van der Waals surface area contributed by atoms with Crippen LogP contribution in [0.2, 0.25) is 0 Å². The van der Waals surface area contributed by atoms with Crippen molar-refractivity contribution in [3.05, 3.63) is 46.9 Å². The van der Waals surface area contributed by atoms with Gasteiger partial charge < -0.3 is 15.0 Å². The van der Waals surface area contributed by atoms with E-state index in [9.17, 15) is 4.79 Å². The summed E-state index contributed by atoms with van der Waals surface area (Å²) in [5.41, 5.74) is 3.64. The second-order valence-electron chi connectivity index (χ2n) is 9.93. The minimum Gasteiger partial charge on any atom is -0.478 e. The summed E-state index contributed by atoms with van der Waals surface area (Å²) >= 11 is 0. The minimum atomic E-state index is -0.381. The number of imidazole rings is 1. The van der Waals surface area contributed by atoms with E-state index >= 15 is 4.39 Å². The lowest BCUT2D eigenvalue weighted by molar-refractivity contribution is 0.203. The molecule has 1 fully saturated rings. The molecule has 0 amide bonds. The van der Waals surface area contributed by atoms with Crippen LogP contribution in [0.1, 0.15) is 38.6 Å². The van der Waals surface area contributed by atoms with Gasteiger partial charge in [0.05, 0.1) is 46.5 Å². The molecule has 6 rings (SSSR count). The van der Waals surface area contributed by atoms with Crippen LogP contribution in [0, 0.1) is 5.82 Å². The predicted molar refractivity (Wildman–Crippen MR) is 139 cm³/mol. The highest BCUT2D eigenvalue weighted by molar-refractivity contribution is 6.13. The van der Waals surface area contributed by atoms with E-state index in [0.29, 0.717) is 41.4 Å². The quantitative estimate of drug-likeness (QED) is 0.406. The Morgan fingerprint density at radius 2 is 2.00 bits per heavy atom. The Bertz CT molecular complexity index is 1490. The van der Waals surface area contributed by atoms with Crippen LogP contribution in [-0.2, 0) is 7.05 Å². The average Bonchev–Trinajstić information content (AvgIpc) is 3.05. The third kappa shape index (κ3) is 3.82. The van der Waals surface area contributed by atoms with Gasteiger partial charge in [0.1, 0.15) is 5.82 Å². The number of aromatic nitrogens is 4. The van der Waals surface area contributed by atoms with Crippen LogP contribution in [0.25, 0.3) is 33.1 Å². The molecular weight excluding hydrogens is 459 g/mol. The molecule has 1 aromatic carbocycles. The van der Waals surface area contributed by atoms with Crippen molar-refractivity contribution in [2.75, 3.05) is 38.1 Å². The van der Waals surface area contributed by atoms with Crippen LogP contribution in [0.5, 0.6) is 5.88 Å². The molecule has 1 atom stereocenters. The Morgan fingerprint density at radius 3 is 2.78 bits per heavy atom. The van der Waals surface area contributed by atoms with Crippen LogP contribution in [0.3, 0.4) is 0 Å². The van der Waals surface area contributed by atoms with Crippen LogP contribution in [0.4, 0.5) is 10.1 Å². The molecule has 0 radical (unpaired) electrons. The molecule has 0 spiro atoms. The SMILES string of the molecule is C[C@H]1CNc2c(-c3ccc(OCCCN4CCCCC4)nc3)c(F)cc3ncc4c(c23)n1c(=O)n4C. The second-order valence-corrected chi connectivity index (χ2v) is 9.93. The molecule has 1 saturated heterocycles. The highest BCUT2D eigenvalue weighted by Gasteiger charge is 2.27. The van der Waals surface area contributed by atoms with Gasteiger partial charge in [0.2, 0.25) is 5.88 Å². The summed E-state index contributed by atoms with van der Waals surface area (Å²) in [4.78, 5) is 24.4. The number of anilines is 1. The molecule has 0 saturated carbocycles. The Labute approximate surface area is 208 Å². The minimum absolute atomic E-state index is 0.101. The standard InChI is InChI=1S/C27H31FN6O2/c1-17-14-31-25-23(18-7-8-22(30-15-18)36-12-6-11-33-9-4-3-5-10-33)19(28)13-20-24(25)26-21(16-29-20)32(2)27(35)34(17)26/h7-8,13,15-17,31H,3-6,9-12,14H2,1-2H3/t17-/m0/s1. The van der Waals surface area contributed by atoms with Crippen molar-refractivity contribution in [3.63, 3.8) is 0 Å². The number of hydrogen-bond acceptors (Lipinski definition) is 6. The fraction of sp³-hybridized carbons (Fsp3) is 0.444. The Balaban J connectivity index is 1.32. The number of halogens is 1. The Morgan fingerprint density at radius 1 is 1.17 bits per heavy atom. The number of hydrogen-bond donors (Lipinski definition) is 1. The molecule has 2 aliphatic rings. The first-order valence-corrected chi connectivity index (χ1v) is 12.8. The number of likely N-dealkylation sites (tertiary alicyclic amines) is 1. The summed E-state index contributed by atoms with van der Waals surface area (Å²) in [5, 5.41) is 4.16. The first-order chi connectivity index (χ1) is 17.5. The van der Waals surface area contributed by atoms with Gasteiger partial charge in [-0.15, -0.1) is 0 Å². The van der Waals surface area contributed by atoms with Gasteiger partial charge in [0, 0.05) is 49.6 Å². The van der Waals surface area contributed by atoms with E-state index in [0.717, 1.165) is 29.4 Å². The first kappa shape index (κ1) is 23.0. The summed E-state index contributed by atoms with van der Waals surface area (Å²) in [6, 6.07) is 4.98. The van der Waals surface area contributed by atoms with E-state index in [1.807, 2.05) is 13.0 Å². The summed E-state index contributed by atoms with van der Waals surface area (Å²) in [7, 11) is 1.75. The summed E-state index contributed by atoms with van der Waals surface area (Å²) < 4.78 is 24.7. The van der Waals surface area contributed by atoms with Crippen molar-refractivity contribution in [3.8, 4) is 17.0 Å². The molecule has 1 N–H and O–H groups in total. The van der Waals surface area contributed by atoms with E-state index in [1.54, 1.807) is 34.6 Å². The Hall–Kier alpha value is -3.46.